The third-order valence-electron chi connectivity index (χ3n) is 2.40. The van der Waals surface area contributed by atoms with Gasteiger partial charge in [0.1, 0.15) is 0 Å². The predicted molar refractivity (Wildman–Crippen MR) is 49.4 cm³/mol. The molecule has 0 aromatic heterocycles. The monoisotopic (exact) mass is 191 g/mol. The Morgan fingerprint density at radius 1 is 1.17 bits per heavy atom. The first-order valence-electron chi connectivity index (χ1n) is 4.44. The molecule has 12 heavy (non-hydrogen) atoms. The van der Waals surface area contributed by atoms with Gasteiger partial charge in [-0.2, -0.15) is 0 Å². The van der Waals surface area contributed by atoms with Crippen LogP contribution in [0.25, 0.3) is 0 Å². The van der Waals surface area contributed by atoms with Crippen molar-refractivity contribution in [1.29, 1.82) is 0 Å². The number of hydrogen-bond donors (Lipinski definition) is 1. The van der Waals surface area contributed by atoms with E-state index in [1.54, 1.807) is 0 Å². The van der Waals surface area contributed by atoms with Crippen molar-refractivity contribution in [3.8, 4) is 0 Å². The molecule has 0 spiro atoms. The van der Waals surface area contributed by atoms with Gasteiger partial charge in [-0.25, -0.2) is 13.1 Å². The molecular weight excluding hydrogens is 174 g/mol. The lowest BCUT2D eigenvalue weighted by Gasteiger charge is -2.25. The summed E-state index contributed by atoms with van der Waals surface area (Å²) in [5, 5.41) is 0. The Labute approximate surface area is 74.6 Å². The summed E-state index contributed by atoms with van der Waals surface area (Å²) in [4.78, 5) is 0. The molecule has 4 heteroatoms. The van der Waals surface area contributed by atoms with Crippen molar-refractivity contribution in [2.45, 2.75) is 38.6 Å². The minimum Gasteiger partial charge on any atom is -0.213 e. The zero-order chi connectivity index (χ0) is 9.19. The van der Waals surface area contributed by atoms with Crippen LogP contribution in [0.5, 0.6) is 0 Å². The van der Waals surface area contributed by atoms with Crippen LogP contribution in [-0.4, -0.2) is 20.7 Å². The summed E-state index contributed by atoms with van der Waals surface area (Å²) in [7, 11) is -2.99. The highest BCUT2D eigenvalue weighted by Crippen LogP contribution is 2.23. The van der Waals surface area contributed by atoms with E-state index in [2.05, 4.69) is 11.6 Å². The number of nitrogens with one attached hydrogen (secondary N) is 1. The highest BCUT2D eigenvalue weighted by Gasteiger charge is 2.20. The van der Waals surface area contributed by atoms with E-state index in [4.69, 9.17) is 0 Å². The Bertz CT molecular complexity index is 227. The van der Waals surface area contributed by atoms with Gasteiger partial charge in [0, 0.05) is 6.04 Å². The molecular formula is C8H17NO2S. The molecule has 1 saturated carbocycles. The third-order valence-corrected chi connectivity index (χ3v) is 3.16. The lowest BCUT2D eigenvalue weighted by Crippen LogP contribution is -2.36. The van der Waals surface area contributed by atoms with Crippen molar-refractivity contribution in [2.24, 2.45) is 5.92 Å². The van der Waals surface area contributed by atoms with Crippen LogP contribution in [-0.2, 0) is 10.0 Å². The van der Waals surface area contributed by atoms with Gasteiger partial charge in [0.25, 0.3) is 0 Å². The molecule has 72 valence electrons. The van der Waals surface area contributed by atoms with E-state index in [0.29, 0.717) is 0 Å². The second-order valence-corrected chi connectivity index (χ2v) is 5.63. The molecule has 0 aliphatic heterocycles. The average Bonchev–Trinajstić information content (AvgIpc) is 1.91. The van der Waals surface area contributed by atoms with Crippen LogP contribution < -0.4 is 4.72 Å². The normalized spacial score (nSPS) is 31.8. The second kappa shape index (κ2) is 3.75. The topological polar surface area (TPSA) is 46.2 Å². The molecule has 1 aliphatic carbocycles. The van der Waals surface area contributed by atoms with E-state index in [1.165, 1.54) is 6.26 Å². The standard InChI is InChI=1S/C8H17NO2S/c1-7-3-5-8(6-4-7)9-12(2,10)11/h7-9H,3-6H2,1-2H3/t7-,8-. The van der Waals surface area contributed by atoms with Crippen molar-refractivity contribution in [3.05, 3.63) is 0 Å². The Balaban J connectivity index is 2.36. The number of rotatable bonds is 2. The lowest BCUT2D eigenvalue weighted by atomic mass is 9.88. The van der Waals surface area contributed by atoms with E-state index < -0.39 is 10.0 Å². The van der Waals surface area contributed by atoms with Crippen LogP contribution in [0.4, 0.5) is 0 Å². The number of hydrogen-bond acceptors (Lipinski definition) is 2. The van der Waals surface area contributed by atoms with Crippen LogP contribution in [0.3, 0.4) is 0 Å². The van der Waals surface area contributed by atoms with Gasteiger partial charge in [0.15, 0.2) is 0 Å². The maximum absolute atomic E-state index is 10.9. The van der Waals surface area contributed by atoms with Gasteiger partial charge >= 0.3 is 0 Å². The zero-order valence-corrected chi connectivity index (χ0v) is 8.52. The molecule has 1 fully saturated rings. The molecule has 0 amide bonds. The molecule has 0 saturated heterocycles. The van der Waals surface area contributed by atoms with Gasteiger partial charge in [-0.1, -0.05) is 6.92 Å². The van der Waals surface area contributed by atoms with Gasteiger partial charge in [-0.15, -0.1) is 0 Å². The van der Waals surface area contributed by atoms with Crippen molar-refractivity contribution in [1.82, 2.24) is 4.72 Å². The Kier molecular flexibility index (Phi) is 3.12. The van der Waals surface area contributed by atoms with Crippen molar-refractivity contribution < 1.29 is 8.42 Å². The predicted octanol–water partition coefficient (Wildman–Crippen LogP) is 1.11. The average molecular weight is 191 g/mol. The molecule has 0 atom stereocenters. The van der Waals surface area contributed by atoms with Crippen LogP contribution in [0, 0.1) is 5.92 Å². The second-order valence-electron chi connectivity index (χ2n) is 3.85. The largest absolute Gasteiger partial charge is 0.213 e. The highest BCUT2D eigenvalue weighted by molar-refractivity contribution is 7.88. The minimum absolute atomic E-state index is 0.191. The van der Waals surface area contributed by atoms with Gasteiger partial charge in [0.2, 0.25) is 10.0 Å². The third kappa shape index (κ3) is 3.54. The fraction of sp³-hybridized carbons (Fsp3) is 1.00. The van der Waals surface area contributed by atoms with E-state index in [0.717, 1.165) is 31.6 Å². The minimum atomic E-state index is -2.99. The molecule has 1 aliphatic rings. The molecule has 3 nitrogen and oxygen atoms in total. The molecule has 0 aromatic rings. The molecule has 1 N–H and O–H groups in total. The molecule has 0 aromatic carbocycles. The lowest BCUT2D eigenvalue weighted by molar-refractivity contribution is 0.332. The van der Waals surface area contributed by atoms with Crippen LogP contribution >= 0.6 is 0 Å². The van der Waals surface area contributed by atoms with E-state index >= 15 is 0 Å². The Morgan fingerprint density at radius 2 is 1.67 bits per heavy atom. The fourth-order valence-corrected chi connectivity index (χ4v) is 2.52. The summed E-state index contributed by atoms with van der Waals surface area (Å²) >= 11 is 0. The summed E-state index contributed by atoms with van der Waals surface area (Å²) in [6, 6.07) is 0.191. The fourth-order valence-electron chi connectivity index (χ4n) is 1.68. The quantitative estimate of drug-likeness (QED) is 0.711. The summed E-state index contributed by atoms with van der Waals surface area (Å²) in [6.45, 7) is 2.22. The molecule has 0 heterocycles. The summed E-state index contributed by atoms with van der Waals surface area (Å²) < 4.78 is 24.4. The summed E-state index contributed by atoms with van der Waals surface area (Å²) in [6.07, 6.45) is 5.51. The zero-order valence-electron chi connectivity index (χ0n) is 7.71. The van der Waals surface area contributed by atoms with Crippen LogP contribution in [0.2, 0.25) is 0 Å². The maximum Gasteiger partial charge on any atom is 0.208 e. The van der Waals surface area contributed by atoms with Gasteiger partial charge in [0.05, 0.1) is 6.26 Å². The highest BCUT2D eigenvalue weighted by atomic mass is 32.2. The molecule has 1 rings (SSSR count). The Hall–Kier alpha value is -0.0900. The van der Waals surface area contributed by atoms with Gasteiger partial charge < -0.3 is 0 Å². The first-order valence-corrected chi connectivity index (χ1v) is 6.34. The first-order chi connectivity index (χ1) is 5.47. The van der Waals surface area contributed by atoms with Crippen molar-refractivity contribution in [3.63, 3.8) is 0 Å². The van der Waals surface area contributed by atoms with Crippen LogP contribution in [0.1, 0.15) is 32.6 Å². The number of sulfonamides is 1. The van der Waals surface area contributed by atoms with Crippen molar-refractivity contribution >= 4 is 10.0 Å². The SMILES string of the molecule is CS(=O)(=O)N[C@H]1CC[C@H](C)CC1. The van der Waals surface area contributed by atoms with E-state index in [-0.39, 0.29) is 6.04 Å². The molecule has 0 unspecified atom stereocenters. The smallest absolute Gasteiger partial charge is 0.208 e. The summed E-state index contributed by atoms with van der Waals surface area (Å²) in [5.41, 5.74) is 0. The Morgan fingerprint density at radius 3 is 2.08 bits per heavy atom. The van der Waals surface area contributed by atoms with Gasteiger partial charge in [-0.3, -0.25) is 0 Å². The maximum atomic E-state index is 10.9. The first kappa shape index (κ1) is 9.99. The van der Waals surface area contributed by atoms with Crippen molar-refractivity contribution in [2.75, 3.05) is 6.26 Å². The molecule has 0 radical (unpaired) electrons. The summed E-state index contributed by atoms with van der Waals surface area (Å²) in [5.74, 6) is 0.766. The van der Waals surface area contributed by atoms with Crippen LogP contribution in [0.15, 0.2) is 0 Å². The van der Waals surface area contributed by atoms with E-state index in [9.17, 15) is 8.42 Å². The van der Waals surface area contributed by atoms with Gasteiger partial charge in [-0.05, 0) is 31.6 Å². The van der Waals surface area contributed by atoms with E-state index in [1.807, 2.05) is 0 Å². The molecule has 0 bridgehead atoms.